The summed E-state index contributed by atoms with van der Waals surface area (Å²) in [6.07, 6.45) is 7.67. The molecule has 3 amide bonds. The maximum Gasteiger partial charge on any atom is 0.412 e. The molecule has 0 unspecified atom stereocenters. The van der Waals surface area contributed by atoms with E-state index in [2.05, 4.69) is 16.0 Å². The molecule has 0 bridgehead atoms. The summed E-state index contributed by atoms with van der Waals surface area (Å²) in [5.41, 5.74) is 4.54. The van der Waals surface area contributed by atoms with Crippen LogP contribution in [0.1, 0.15) is 66.1 Å². The molecule has 0 atom stereocenters. The number of para-hydroxylation sites is 1. The largest absolute Gasteiger partial charge is 0.446 e. The molecular formula is C32H33N3O5. The number of alkyl carbamates (subject to hydrolysis) is 1. The number of rotatable bonds is 7. The van der Waals surface area contributed by atoms with Crippen LogP contribution < -0.4 is 16.0 Å². The third-order valence-corrected chi connectivity index (χ3v) is 7.19. The summed E-state index contributed by atoms with van der Waals surface area (Å²) >= 11 is 0. The first-order valence-electron chi connectivity index (χ1n) is 13.8. The van der Waals surface area contributed by atoms with Gasteiger partial charge in [-0.05, 0) is 55.0 Å². The van der Waals surface area contributed by atoms with Crippen molar-refractivity contribution in [3.8, 4) is 11.1 Å². The van der Waals surface area contributed by atoms with Gasteiger partial charge in [-0.1, -0.05) is 73.5 Å². The first kappa shape index (κ1) is 27.0. The van der Waals surface area contributed by atoms with Crippen molar-refractivity contribution in [2.75, 3.05) is 11.9 Å². The van der Waals surface area contributed by atoms with Gasteiger partial charge in [-0.25, -0.2) is 9.59 Å². The lowest BCUT2D eigenvalue weighted by atomic mass is 10.1. The molecule has 0 radical (unpaired) electrons. The average molecular weight is 540 g/mol. The van der Waals surface area contributed by atoms with E-state index >= 15 is 0 Å². The number of ether oxygens (including phenoxy) is 2. The van der Waals surface area contributed by atoms with Crippen molar-refractivity contribution >= 4 is 23.8 Å². The normalized spacial score (nSPS) is 15.0. The number of anilines is 1. The predicted octanol–water partition coefficient (Wildman–Crippen LogP) is 6.70. The molecule has 1 saturated carbocycles. The van der Waals surface area contributed by atoms with E-state index in [1.807, 2.05) is 48.5 Å². The maximum atomic E-state index is 13.0. The zero-order valence-corrected chi connectivity index (χ0v) is 22.2. The lowest BCUT2D eigenvalue weighted by Crippen LogP contribution is -2.27. The molecule has 206 valence electrons. The lowest BCUT2D eigenvalue weighted by molar-refractivity contribution is 0.0917. The first-order valence-corrected chi connectivity index (χ1v) is 13.8. The van der Waals surface area contributed by atoms with E-state index in [1.54, 1.807) is 30.3 Å². The molecule has 8 heteroatoms. The number of nitrogens with one attached hydrogen (secondary N) is 3. The Morgan fingerprint density at radius 2 is 1.38 bits per heavy atom. The number of carbonyl (C=O) groups is 3. The van der Waals surface area contributed by atoms with Gasteiger partial charge in [0.25, 0.3) is 5.91 Å². The number of hydrogen-bond donors (Lipinski definition) is 3. The second-order valence-corrected chi connectivity index (χ2v) is 9.91. The Kier molecular flexibility index (Phi) is 8.76. The highest BCUT2D eigenvalue weighted by Gasteiger charge is 2.31. The van der Waals surface area contributed by atoms with Crippen molar-refractivity contribution in [1.82, 2.24) is 10.6 Å². The minimum absolute atomic E-state index is 0.0375. The fourth-order valence-electron chi connectivity index (χ4n) is 5.25. The third kappa shape index (κ3) is 6.51. The Bertz CT molecular complexity index is 1350. The van der Waals surface area contributed by atoms with Gasteiger partial charge in [0.05, 0.1) is 11.3 Å². The highest BCUT2D eigenvalue weighted by Crippen LogP contribution is 2.45. The Balaban J connectivity index is 1.14. The Labute approximate surface area is 233 Å². The summed E-state index contributed by atoms with van der Waals surface area (Å²) < 4.78 is 11.3. The highest BCUT2D eigenvalue weighted by molar-refractivity contribution is 6.02. The highest BCUT2D eigenvalue weighted by atomic mass is 16.6. The summed E-state index contributed by atoms with van der Waals surface area (Å²) in [7, 11) is 0. The topological polar surface area (TPSA) is 106 Å². The van der Waals surface area contributed by atoms with Crippen LogP contribution in [0.4, 0.5) is 15.3 Å². The van der Waals surface area contributed by atoms with E-state index in [0.29, 0.717) is 11.3 Å². The smallest absolute Gasteiger partial charge is 0.412 e. The van der Waals surface area contributed by atoms with Crippen LogP contribution in [0, 0.1) is 0 Å². The molecular weight excluding hydrogens is 506 g/mol. The fraction of sp³-hybridized carbons (Fsp3) is 0.281. The molecule has 0 saturated heterocycles. The fourth-order valence-corrected chi connectivity index (χ4v) is 5.25. The molecule has 5 rings (SSSR count). The lowest BCUT2D eigenvalue weighted by Gasteiger charge is -2.17. The van der Waals surface area contributed by atoms with E-state index in [0.717, 1.165) is 47.9 Å². The molecule has 2 aliphatic carbocycles. The van der Waals surface area contributed by atoms with E-state index in [4.69, 9.17) is 9.47 Å². The van der Waals surface area contributed by atoms with Crippen molar-refractivity contribution in [2.24, 2.45) is 0 Å². The van der Waals surface area contributed by atoms with Crippen molar-refractivity contribution in [3.63, 3.8) is 0 Å². The van der Waals surface area contributed by atoms with E-state index in [-0.39, 0.29) is 18.6 Å². The monoisotopic (exact) mass is 539 g/mol. The molecule has 3 N–H and O–H groups in total. The molecule has 8 nitrogen and oxygen atoms in total. The van der Waals surface area contributed by atoms with Crippen molar-refractivity contribution in [1.29, 1.82) is 0 Å². The van der Waals surface area contributed by atoms with Crippen LogP contribution in [0.15, 0.2) is 85.1 Å². The molecule has 40 heavy (non-hydrogen) atoms. The van der Waals surface area contributed by atoms with Gasteiger partial charge >= 0.3 is 12.2 Å². The summed E-state index contributed by atoms with van der Waals surface area (Å²) in [5.74, 6) is -0.377. The SMILES string of the molecule is O=C(N/C=C/CNC(=O)c1ccccc1NC(=O)OC1c2ccccc2-c2ccccc21)OC1CCCCCC1. The van der Waals surface area contributed by atoms with Gasteiger partial charge in [-0.2, -0.15) is 0 Å². The molecule has 0 aliphatic heterocycles. The summed E-state index contributed by atoms with van der Waals surface area (Å²) in [6.45, 7) is 0.178. The molecule has 0 heterocycles. The van der Waals surface area contributed by atoms with Gasteiger partial charge in [0.15, 0.2) is 6.10 Å². The number of fused-ring (bicyclic) bond motifs is 3. The minimum atomic E-state index is -0.659. The van der Waals surface area contributed by atoms with Gasteiger partial charge in [0, 0.05) is 23.9 Å². The van der Waals surface area contributed by atoms with Crippen LogP contribution in [0.5, 0.6) is 0 Å². The Hall–Kier alpha value is -4.59. The molecule has 0 spiro atoms. The van der Waals surface area contributed by atoms with Gasteiger partial charge in [0.1, 0.15) is 6.10 Å². The quantitative estimate of drug-likeness (QED) is 0.290. The number of carbonyl (C=O) groups excluding carboxylic acids is 3. The third-order valence-electron chi connectivity index (χ3n) is 7.19. The first-order chi connectivity index (χ1) is 19.6. The second-order valence-electron chi connectivity index (χ2n) is 9.91. The van der Waals surface area contributed by atoms with E-state index < -0.39 is 18.3 Å². The standard InChI is InChI=1S/C32H33N3O5/c36-30(33-20-11-21-34-31(37)39-22-12-3-1-2-4-13-22)27-18-9-10-19-28(27)35-32(38)40-29-25-16-7-5-14-23(25)24-15-6-8-17-26(24)29/h5-11,14-19,21-22,29H,1-4,12-13,20H2,(H,33,36)(H,34,37)(H,35,38)/b21-11+. The molecule has 3 aromatic rings. The number of amides is 3. The van der Waals surface area contributed by atoms with Gasteiger partial charge in [-0.3, -0.25) is 15.4 Å². The number of benzene rings is 3. The van der Waals surface area contributed by atoms with Crippen molar-refractivity contribution in [2.45, 2.75) is 50.7 Å². The number of hydrogen-bond acceptors (Lipinski definition) is 5. The predicted molar refractivity (Wildman–Crippen MR) is 153 cm³/mol. The van der Waals surface area contributed by atoms with Crippen LogP contribution in [-0.4, -0.2) is 30.7 Å². The molecule has 0 aromatic heterocycles. The maximum absolute atomic E-state index is 13.0. The van der Waals surface area contributed by atoms with Gasteiger partial charge in [0.2, 0.25) is 0 Å². The molecule has 3 aromatic carbocycles. The zero-order valence-electron chi connectivity index (χ0n) is 22.2. The van der Waals surface area contributed by atoms with Crippen molar-refractivity contribution < 1.29 is 23.9 Å². The summed E-state index contributed by atoms with van der Waals surface area (Å²) in [4.78, 5) is 37.8. The second kappa shape index (κ2) is 13.0. The zero-order chi connectivity index (χ0) is 27.7. The van der Waals surface area contributed by atoms with Crippen LogP contribution in [0.2, 0.25) is 0 Å². The van der Waals surface area contributed by atoms with Crippen LogP contribution in [-0.2, 0) is 9.47 Å². The molecule has 2 aliphatic rings. The van der Waals surface area contributed by atoms with E-state index in [1.165, 1.54) is 19.0 Å². The van der Waals surface area contributed by atoms with Gasteiger partial charge < -0.3 is 14.8 Å². The summed E-state index contributed by atoms with van der Waals surface area (Å²) in [6, 6.07) is 22.4. The Morgan fingerprint density at radius 1 is 0.750 bits per heavy atom. The van der Waals surface area contributed by atoms with Gasteiger partial charge in [-0.15, -0.1) is 0 Å². The van der Waals surface area contributed by atoms with Crippen LogP contribution in [0.25, 0.3) is 11.1 Å². The van der Waals surface area contributed by atoms with Crippen LogP contribution >= 0.6 is 0 Å². The molecule has 1 fully saturated rings. The van der Waals surface area contributed by atoms with Crippen molar-refractivity contribution in [3.05, 3.63) is 102 Å². The van der Waals surface area contributed by atoms with E-state index in [9.17, 15) is 14.4 Å². The van der Waals surface area contributed by atoms with Crippen LogP contribution in [0.3, 0.4) is 0 Å². The Morgan fingerprint density at radius 3 is 2.08 bits per heavy atom. The minimum Gasteiger partial charge on any atom is -0.446 e. The average Bonchev–Trinajstić information content (AvgIpc) is 3.09. The summed E-state index contributed by atoms with van der Waals surface area (Å²) in [5, 5.41) is 8.07.